The van der Waals surface area contributed by atoms with Crippen molar-refractivity contribution in [1.29, 1.82) is 0 Å². The van der Waals surface area contributed by atoms with Gasteiger partial charge in [-0.15, -0.1) is 0 Å². The monoisotopic (exact) mass is 355 g/mol. The van der Waals surface area contributed by atoms with E-state index in [4.69, 9.17) is 9.47 Å². The SMILES string of the molecule is COc1ccc(OC)c(NC(=O)c2cc(-c3ccc(F)cc3)n(C)n2)c1. The first-order valence-electron chi connectivity index (χ1n) is 7.85. The predicted octanol–water partition coefficient (Wildman–Crippen LogP) is 3.50. The minimum Gasteiger partial charge on any atom is -0.497 e. The first kappa shape index (κ1) is 17.5. The third-order valence-corrected chi connectivity index (χ3v) is 3.91. The molecule has 1 heterocycles. The van der Waals surface area contributed by atoms with Gasteiger partial charge in [0.2, 0.25) is 0 Å². The number of ether oxygens (including phenoxy) is 2. The Bertz CT molecular complexity index is 936. The van der Waals surface area contributed by atoms with Gasteiger partial charge in [0.25, 0.3) is 5.91 Å². The number of nitrogens with one attached hydrogen (secondary N) is 1. The molecule has 0 spiro atoms. The quantitative estimate of drug-likeness (QED) is 0.761. The van der Waals surface area contributed by atoms with Crippen LogP contribution in [0.2, 0.25) is 0 Å². The van der Waals surface area contributed by atoms with E-state index in [1.807, 2.05) is 0 Å². The summed E-state index contributed by atoms with van der Waals surface area (Å²) in [5, 5.41) is 7.02. The van der Waals surface area contributed by atoms with Crippen LogP contribution in [0.25, 0.3) is 11.3 Å². The number of methoxy groups -OCH3 is 2. The Hall–Kier alpha value is -3.35. The smallest absolute Gasteiger partial charge is 0.276 e. The number of rotatable bonds is 5. The van der Waals surface area contributed by atoms with Gasteiger partial charge in [-0.3, -0.25) is 9.48 Å². The summed E-state index contributed by atoms with van der Waals surface area (Å²) >= 11 is 0. The molecule has 3 aromatic rings. The topological polar surface area (TPSA) is 65.4 Å². The predicted molar refractivity (Wildman–Crippen MR) is 96.1 cm³/mol. The van der Waals surface area contributed by atoms with Crippen molar-refractivity contribution in [2.45, 2.75) is 0 Å². The maximum Gasteiger partial charge on any atom is 0.276 e. The van der Waals surface area contributed by atoms with E-state index in [2.05, 4.69) is 10.4 Å². The molecule has 0 aliphatic rings. The van der Waals surface area contributed by atoms with Crippen LogP contribution < -0.4 is 14.8 Å². The van der Waals surface area contributed by atoms with Crippen molar-refractivity contribution < 1.29 is 18.7 Å². The highest BCUT2D eigenvalue weighted by molar-refractivity contribution is 6.04. The van der Waals surface area contributed by atoms with Crippen molar-refractivity contribution in [2.24, 2.45) is 7.05 Å². The molecule has 0 unspecified atom stereocenters. The molecule has 1 amide bonds. The summed E-state index contributed by atoms with van der Waals surface area (Å²) in [5.41, 5.74) is 2.18. The van der Waals surface area contributed by atoms with Gasteiger partial charge in [0, 0.05) is 13.1 Å². The highest BCUT2D eigenvalue weighted by Gasteiger charge is 2.16. The van der Waals surface area contributed by atoms with E-state index in [1.54, 1.807) is 55.2 Å². The van der Waals surface area contributed by atoms with Crippen molar-refractivity contribution in [2.75, 3.05) is 19.5 Å². The summed E-state index contributed by atoms with van der Waals surface area (Å²) in [5.74, 6) is 0.391. The van der Waals surface area contributed by atoms with E-state index in [0.717, 1.165) is 5.56 Å². The Morgan fingerprint density at radius 2 is 1.81 bits per heavy atom. The number of nitrogens with zero attached hydrogens (tertiary/aromatic N) is 2. The lowest BCUT2D eigenvalue weighted by Crippen LogP contribution is -2.13. The Kier molecular flexibility index (Phi) is 4.88. The number of aryl methyl sites for hydroxylation is 1. The van der Waals surface area contributed by atoms with Gasteiger partial charge in [-0.2, -0.15) is 5.10 Å². The van der Waals surface area contributed by atoms with Gasteiger partial charge in [0.15, 0.2) is 5.69 Å². The fourth-order valence-corrected chi connectivity index (χ4v) is 2.57. The summed E-state index contributed by atoms with van der Waals surface area (Å²) in [6, 6.07) is 12.8. The minimum atomic E-state index is -0.388. The second-order valence-electron chi connectivity index (χ2n) is 5.57. The van der Waals surface area contributed by atoms with E-state index in [1.165, 1.54) is 19.2 Å². The Morgan fingerprint density at radius 3 is 2.46 bits per heavy atom. The number of halogens is 1. The molecule has 3 rings (SSSR count). The van der Waals surface area contributed by atoms with Crippen LogP contribution in [0.3, 0.4) is 0 Å². The van der Waals surface area contributed by atoms with Crippen molar-refractivity contribution in [3.8, 4) is 22.8 Å². The summed E-state index contributed by atoms with van der Waals surface area (Å²) in [6.07, 6.45) is 0. The number of aromatic nitrogens is 2. The molecule has 0 saturated heterocycles. The van der Waals surface area contributed by atoms with Crippen LogP contribution in [-0.4, -0.2) is 29.9 Å². The van der Waals surface area contributed by atoms with Crippen LogP contribution in [0.1, 0.15) is 10.5 Å². The zero-order valence-electron chi connectivity index (χ0n) is 14.6. The molecule has 2 aromatic carbocycles. The van der Waals surface area contributed by atoms with Crippen LogP contribution in [0.5, 0.6) is 11.5 Å². The van der Waals surface area contributed by atoms with Gasteiger partial charge in [0.05, 0.1) is 25.6 Å². The third-order valence-electron chi connectivity index (χ3n) is 3.91. The highest BCUT2D eigenvalue weighted by Crippen LogP contribution is 2.29. The van der Waals surface area contributed by atoms with Crippen LogP contribution in [0.15, 0.2) is 48.5 Å². The van der Waals surface area contributed by atoms with Crippen LogP contribution in [0.4, 0.5) is 10.1 Å². The molecule has 1 N–H and O–H groups in total. The van der Waals surface area contributed by atoms with Gasteiger partial charge in [0.1, 0.15) is 17.3 Å². The van der Waals surface area contributed by atoms with Crippen LogP contribution >= 0.6 is 0 Å². The largest absolute Gasteiger partial charge is 0.497 e. The number of anilines is 1. The molecule has 0 atom stereocenters. The van der Waals surface area contributed by atoms with E-state index >= 15 is 0 Å². The fraction of sp³-hybridized carbons (Fsp3) is 0.158. The molecule has 6 nitrogen and oxygen atoms in total. The van der Waals surface area contributed by atoms with Gasteiger partial charge < -0.3 is 14.8 Å². The van der Waals surface area contributed by atoms with Crippen molar-refractivity contribution >= 4 is 11.6 Å². The minimum absolute atomic E-state index is 0.233. The molecule has 0 aliphatic heterocycles. The molecular weight excluding hydrogens is 337 g/mol. The average Bonchev–Trinajstić information content (AvgIpc) is 3.04. The lowest BCUT2D eigenvalue weighted by atomic mass is 10.1. The van der Waals surface area contributed by atoms with E-state index in [9.17, 15) is 9.18 Å². The molecule has 0 aliphatic carbocycles. The normalized spacial score (nSPS) is 10.5. The molecular formula is C19H18FN3O3. The van der Waals surface area contributed by atoms with E-state index in [0.29, 0.717) is 22.9 Å². The lowest BCUT2D eigenvalue weighted by molar-refractivity contribution is 0.102. The number of amides is 1. The second kappa shape index (κ2) is 7.26. The summed E-state index contributed by atoms with van der Waals surface area (Å²) < 4.78 is 25.1. The summed E-state index contributed by atoms with van der Waals surface area (Å²) in [6.45, 7) is 0. The van der Waals surface area contributed by atoms with E-state index in [-0.39, 0.29) is 17.4 Å². The molecule has 7 heteroatoms. The average molecular weight is 355 g/mol. The maximum absolute atomic E-state index is 13.1. The molecule has 26 heavy (non-hydrogen) atoms. The Labute approximate surface area is 150 Å². The molecule has 0 bridgehead atoms. The number of carbonyl (C=O) groups is 1. The number of benzene rings is 2. The summed E-state index contributed by atoms with van der Waals surface area (Å²) in [7, 11) is 4.79. The van der Waals surface area contributed by atoms with Crippen molar-refractivity contribution in [1.82, 2.24) is 9.78 Å². The zero-order valence-corrected chi connectivity index (χ0v) is 14.6. The standard InChI is InChI=1S/C19H18FN3O3/c1-23-17(12-4-6-13(20)7-5-12)11-16(22-23)19(24)21-15-10-14(25-2)8-9-18(15)26-3/h4-11H,1-3H3,(H,21,24). The van der Waals surface area contributed by atoms with Crippen molar-refractivity contribution in [3.05, 3.63) is 60.0 Å². The molecule has 1 aromatic heterocycles. The number of hydrogen-bond donors (Lipinski definition) is 1. The van der Waals surface area contributed by atoms with E-state index < -0.39 is 0 Å². The first-order valence-corrected chi connectivity index (χ1v) is 7.85. The van der Waals surface area contributed by atoms with Crippen LogP contribution in [-0.2, 0) is 7.05 Å². The zero-order chi connectivity index (χ0) is 18.7. The molecule has 134 valence electrons. The van der Waals surface area contributed by atoms with Crippen LogP contribution in [0, 0.1) is 5.82 Å². The highest BCUT2D eigenvalue weighted by atomic mass is 19.1. The number of hydrogen-bond acceptors (Lipinski definition) is 4. The molecule has 0 radical (unpaired) electrons. The Morgan fingerprint density at radius 1 is 1.08 bits per heavy atom. The third kappa shape index (κ3) is 3.51. The Balaban J connectivity index is 1.87. The molecule has 0 saturated carbocycles. The summed E-state index contributed by atoms with van der Waals surface area (Å²) in [4.78, 5) is 12.6. The second-order valence-corrected chi connectivity index (χ2v) is 5.57. The maximum atomic E-state index is 13.1. The van der Waals surface area contributed by atoms with Gasteiger partial charge >= 0.3 is 0 Å². The van der Waals surface area contributed by atoms with Gasteiger partial charge in [-0.1, -0.05) is 0 Å². The fourth-order valence-electron chi connectivity index (χ4n) is 2.57. The van der Waals surface area contributed by atoms with Crippen molar-refractivity contribution in [3.63, 3.8) is 0 Å². The molecule has 0 fully saturated rings. The number of carbonyl (C=O) groups excluding carboxylic acids is 1. The van der Waals surface area contributed by atoms with Gasteiger partial charge in [-0.05, 0) is 48.0 Å². The first-order chi connectivity index (χ1) is 12.5. The lowest BCUT2D eigenvalue weighted by Gasteiger charge is -2.10. The van der Waals surface area contributed by atoms with Gasteiger partial charge in [-0.25, -0.2) is 4.39 Å².